The molecular weight excluding hydrogens is 398 g/mol. The van der Waals surface area contributed by atoms with E-state index < -0.39 is 0 Å². The molecule has 31 heavy (non-hydrogen) atoms. The van der Waals surface area contributed by atoms with Crippen LogP contribution in [-0.4, -0.2) is 32.7 Å². The van der Waals surface area contributed by atoms with Gasteiger partial charge in [0, 0.05) is 41.5 Å². The van der Waals surface area contributed by atoms with Crippen molar-refractivity contribution < 1.29 is 28.5 Å². The van der Waals surface area contributed by atoms with Crippen LogP contribution < -0.4 is 24.3 Å². The van der Waals surface area contributed by atoms with Crippen molar-refractivity contribution in [2.75, 3.05) is 21.0 Å². The predicted molar refractivity (Wildman–Crippen MR) is 112 cm³/mol. The van der Waals surface area contributed by atoms with Crippen LogP contribution in [-0.2, 0) is 9.59 Å². The van der Waals surface area contributed by atoms with Gasteiger partial charge in [0.2, 0.25) is 12.7 Å². The lowest BCUT2D eigenvalue weighted by molar-refractivity contribution is -0.122. The van der Waals surface area contributed by atoms with Crippen LogP contribution in [0, 0.1) is 0 Å². The van der Waals surface area contributed by atoms with E-state index in [4.69, 9.17) is 18.9 Å². The number of hydrogen-bond donors (Lipinski definition) is 1. The Morgan fingerprint density at radius 2 is 1.77 bits per heavy atom. The van der Waals surface area contributed by atoms with Crippen molar-refractivity contribution in [2.45, 2.75) is 31.1 Å². The van der Waals surface area contributed by atoms with Crippen molar-refractivity contribution in [3.05, 3.63) is 58.8 Å². The fourth-order valence-electron chi connectivity index (χ4n) is 4.75. The third-order valence-electron chi connectivity index (χ3n) is 6.21. The van der Waals surface area contributed by atoms with Crippen LogP contribution in [0.2, 0.25) is 0 Å². The zero-order valence-corrected chi connectivity index (χ0v) is 17.4. The molecule has 2 aromatic rings. The second-order valence-corrected chi connectivity index (χ2v) is 7.95. The standard InChI is InChI=1S/C24H23NO6/c1-28-15-4-6-20(29-2)16(10-15)14-7-18-24(19(26)8-14)17(11-23(27)25-18)13-3-5-21-22(9-13)31-12-30-21/h3-6,9-10,14,17H,7-8,11-12H2,1-2H3,(H,25,27). The van der Waals surface area contributed by atoms with Crippen LogP contribution in [0.4, 0.5) is 0 Å². The molecule has 1 N–H and O–H groups in total. The Labute approximate surface area is 179 Å². The molecule has 0 saturated heterocycles. The number of ketones is 1. The van der Waals surface area contributed by atoms with Gasteiger partial charge >= 0.3 is 0 Å². The molecule has 2 aliphatic heterocycles. The quantitative estimate of drug-likeness (QED) is 0.814. The molecule has 2 heterocycles. The molecular formula is C24H23NO6. The molecule has 1 amide bonds. The first kappa shape index (κ1) is 19.5. The van der Waals surface area contributed by atoms with E-state index in [9.17, 15) is 9.59 Å². The maximum Gasteiger partial charge on any atom is 0.231 e. The minimum Gasteiger partial charge on any atom is -0.497 e. The van der Waals surface area contributed by atoms with Crippen LogP contribution in [0.5, 0.6) is 23.0 Å². The van der Waals surface area contributed by atoms with Gasteiger partial charge in [-0.3, -0.25) is 9.59 Å². The largest absolute Gasteiger partial charge is 0.497 e. The van der Waals surface area contributed by atoms with E-state index >= 15 is 0 Å². The number of carbonyl (C=O) groups excluding carboxylic acids is 2. The zero-order valence-electron chi connectivity index (χ0n) is 17.4. The van der Waals surface area contributed by atoms with Gasteiger partial charge in [-0.2, -0.15) is 0 Å². The molecule has 0 bridgehead atoms. The summed E-state index contributed by atoms with van der Waals surface area (Å²) in [5.74, 6) is 2.29. The summed E-state index contributed by atoms with van der Waals surface area (Å²) in [5, 5.41) is 2.96. The summed E-state index contributed by atoms with van der Waals surface area (Å²) in [6.45, 7) is 0.181. The molecule has 0 spiro atoms. The highest BCUT2D eigenvalue weighted by atomic mass is 16.7. The Morgan fingerprint density at radius 1 is 0.935 bits per heavy atom. The summed E-state index contributed by atoms with van der Waals surface area (Å²) in [6, 6.07) is 11.2. The first-order valence-corrected chi connectivity index (χ1v) is 10.2. The van der Waals surface area contributed by atoms with E-state index in [1.54, 1.807) is 14.2 Å². The smallest absolute Gasteiger partial charge is 0.231 e. The van der Waals surface area contributed by atoms with Crippen molar-refractivity contribution in [3.63, 3.8) is 0 Å². The van der Waals surface area contributed by atoms with Crippen molar-refractivity contribution in [3.8, 4) is 23.0 Å². The monoisotopic (exact) mass is 421 g/mol. The molecule has 2 unspecified atom stereocenters. The third kappa shape index (κ3) is 3.40. The van der Waals surface area contributed by atoms with Crippen LogP contribution >= 0.6 is 0 Å². The topological polar surface area (TPSA) is 83.1 Å². The number of amides is 1. The number of allylic oxidation sites excluding steroid dienone is 2. The van der Waals surface area contributed by atoms with E-state index in [2.05, 4.69) is 5.32 Å². The number of Topliss-reactive ketones (excluding diaryl/α,β-unsaturated/α-hetero) is 1. The molecule has 3 aliphatic rings. The molecule has 0 radical (unpaired) electrons. The molecule has 0 saturated carbocycles. The third-order valence-corrected chi connectivity index (χ3v) is 6.21. The van der Waals surface area contributed by atoms with Gasteiger partial charge in [0.15, 0.2) is 17.3 Å². The Bertz CT molecular complexity index is 1110. The summed E-state index contributed by atoms with van der Waals surface area (Å²) in [7, 11) is 3.22. The summed E-state index contributed by atoms with van der Waals surface area (Å²) in [6.07, 6.45) is 1.13. The van der Waals surface area contributed by atoms with Gasteiger partial charge in [-0.15, -0.1) is 0 Å². The van der Waals surface area contributed by atoms with Crippen molar-refractivity contribution >= 4 is 11.7 Å². The average molecular weight is 421 g/mol. The highest BCUT2D eigenvalue weighted by Crippen LogP contribution is 2.46. The molecule has 7 nitrogen and oxygen atoms in total. The van der Waals surface area contributed by atoms with Crippen LogP contribution in [0.1, 0.15) is 42.2 Å². The molecule has 7 heteroatoms. The maximum atomic E-state index is 13.4. The highest BCUT2D eigenvalue weighted by molar-refractivity contribution is 6.02. The van der Waals surface area contributed by atoms with Gasteiger partial charge in [0.1, 0.15) is 11.5 Å². The maximum absolute atomic E-state index is 13.4. The molecule has 0 aromatic heterocycles. The Balaban J connectivity index is 1.52. The summed E-state index contributed by atoms with van der Waals surface area (Å²) in [4.78, 5) is 25.9. The van der Waals surface area contributed by atoms with Gasteiger partial charge in [-0.05, 0) is 42.3 Å². The molecule has 2 aromatic carbocycles. The number of fused-ring (bicyclic) bond motifs is 1. The number of carbonyl (C=O) groups is 2. The second-order valence-electron chi connectivity index (χ2n) is 7.95. The minimum absolute atomic E-state index is 0.0405. The minimum atomic E-state index is -0.293. The lowest BCUT2D eigenvalue weighted by Crippen LogP contribution is -2.38. The lowest BCUT2D eigenvalue weighted by atomic mass is 9.73. The number of methoxy groups -OCH3 is 2. The Hall–Kier alpha value is -3.48. The number of benzene rings is 2. The molecule has 1 aliphatic carbocycles. The fourth-order valence-corrected chi connectivity index (χ4v) is 4.75. The normalized spacial score (nSPS) is 22.1. The molecule has 0 fully saturated rings. The van der Waals surface area contributed by atoms with Crippen molar-refractivity contribution in [2.24, 2.45) is 0 Å². The number of ether oxygens (including phenoxy) is 4. The van der Waals surface area contributed by atoms with Crippen LogP contribution in [0.25, 0.3) is 0 Å². The van der Waals surface area contributed by atoms with E-state index in [0.717, 1.165) is 11.1 Å². The van der Waals surface area contributed by atoms with Gasteiger partial charge in [0.25, 0.3) is 0 Å². The molecule has 5 rings (SSSR count). The van der Waals surface area contributed by atoms with E-state index in [-0.39, 0.29) is 36.7 Å². The second kappa shape index (κ2) is 7.65. The van der Waals surface area contributed by atoms with E-state index in [1.165, 1.54) is 0 Å². The van der Waals surface area contributed by atoms with Crippen LogP contribution in [0.3, 0.4) is 0 Å². The number of rotatable bonds is 4. The predicted octanol–water partition coefficient (Wildman–Crippen LogP) is 3.44. The van der Waals surface area contributed by atoms with Gasteiger partial charge in [-0.1, -0.05) is 6.07 Å². The Kier molecular flexibility index (Phi) is 4.81. The molecule has 160 valence electrons. The molecule has 2 atom stereocenters. The SMILES string of the molecule is COc1ccc(OC)c(C2CC(=O)C3=C(C2)NC(=O)CC3c2ccc3c(c2)OCO3)c1. The van der Waals surface area contributed by atoms with Crippen molar-refractivity contribution in [1.29, 1.82) is 0 Å². The lowest BCUT2D eigenvalue weighted by Gasteiger charge is -2.35. The van der Waals surface area contributed by atoms with E-state index in [0.29, 0.717) is 47.1 Å². The summed E-state index contributed by atoms with van der Waals surface area (Å²) >= 11 is 0. The Morgan fingerprint density at radius 3 is 2.58 bits per heavy atom. The summed E-state index contributed by atoms with van der Waals surface area (Å²) < 4.78 is 21.8. The fraction of sp³-hybridized carbons (Fsp3) is 0.333. The van der Waals surface area contributed by atoms with Crippen molar-refractivity contribution in [1.82, 2.24) is 5.32 Å². The summed E-state index contributed by atoms with van der Waals surface area (Å²) in [5.41, 5.74) is 3.18. The van der Waals surface area contributed by atoms with Gasteiger partial charge in [-0.25, -0.2) is 0 Å². The first-order chi connectivity index (χ1) is 15.1. The number of hydrogen-bond acceptors (Lipinski definition) is 6. The highest BCUT2D eigenvalue weighted by Gasteiger charge is 2.39. The van der Waals surface area contributed by atoms with Crippen LogP contribution in [0.15, 0.2) is 47.7 Å². The van der Waals surface area contributed by atoms with Gasteiger partial charge < -0.3 is 24.3 Å². The zero-order chi connectivity index (χ0) is 21.5. The average Bonchev–Trinajstić information content (AvgIpc) is 3.25. The number of nitrogens with one attached hydrogen (secondary N) is 1. The van der Waals surface area contributed by atoms with Gasteiger partial charge in [0.05, 0.1) is 14.2 Å². The first-order valence-electron chi connectivity index (χ1n) is 10.2. The van der Waals surface area contributed by atoms with E-state index in [1.807, 2.05) is 36.4 Å².